The number of carbonyl (C=O) groups excluding carboxylic acids is 2. The highest BCUT2D eigenvalue weighted by atomic mass is 16.7. The quantitative estimate of drug-likeness (QED) is 0.0149. The van der Waals surface area contributed by atoms with E-state index in [0.29, 0.717) is 12.8 Å². The third-order valence-electron chi connectivity index (χ3n) is 14.4. The summed E-state index contributed by atoms with van der Waals surface area (Å²) in [5, 5.41) is 57.0. The van der Waals surface area contributed by atoms with Crippen LogP contribution in [0.1, 0.15) is 265 Å². The van der Waals surface area contributed by atoms with Crippen molar-refractivity contribution in [2.45, 2.75) is 314 Å². The van der Waals surface area contributed by atoms with Crippen LogP contribution < -0.4 is 5.32 Å². The van der Waals surface area contributed by atoms with E-state index in [2.05, 4.69) is 80.8 Å². The van der Waals surface area contributed by atoms with Gasteiger partial charge < -0.3 is 45.1 Å². The molecule has 0 bridgehead atoms. The maximum atomic E-state index is 13.4. The molecule has 1 aliphatic rings. The lowest BCUT2D eigenvalue weighted by Crippen LogP contribution is -2.61. The third-order valence-corrected chi connectivity index (χ3v) is 14.4. The molecule has 6 N–H and O–H groups in total. The molecule has 1 heterocycles. The number of esters is 1. The Bertz CT molecular complexity index is 1510. The van der Waals surface area contributed by atoms with Gasteiger partial charge >= 0.3 is 5.97 Å². The normalized spacial score (nSPS) is 19.6. The van der Waals surface area contributed by atoms with Crippen LogP contribution in [0.2, 0.25) is 0 Å². The Morgan fingerprint density at radius 1 is 0.539 bits per heavy atom. The Morgan fingerprint density at radius 3 is 1.54 bits per heavy atom. The van der Waals surface area contributed by atoms with Gasteiger partial charge in [-0.15, -0.1) is 0 Å². The standard InChI is InChI=1S/C65H115NO10/c1-4-7-10-13-16-19-22-25-27-28-29-30-31-33-34-37-40-43-46-49-52-58(69)64(73)66-56(57(68)51-48-45-42-39-36-24-21-18-15-12-9-6-3)55-74-65-63(62(72)61(71)59(54-67)75-65)76-60(70)53-50-47-44-41-38-35-32-26-23-20-17-14-11-8-5-2/h8,11,14,16-17,19-20,23,25,27,48,51,56-59,61-63,65,67-69,71-72H,4-7,9-10,12-13,15,18,21-22,24,26,28-47,49-50,52-55H2,1-3H3,(H,66,73)/b11-8+,17-14+,19-16-,23-20+,27-25-,51-48+. The van der Waals surface area contributed by atoms with Crippen LogP contribution in [0.3, 0.4) is 0 Å². The minimum Gasteiger partial charge on any atom is -0.454 e. The summed E-state index contributed by atoms with van der Waals surface area (Å²) in [5.74, 6) is -1.21. The highest BCUT2D eigenvalue weighted by Crippen LogP contribution is 2.26. The highest BCUT2D eigenvalue weighted by Gasteiger charge is 2.47. The molecule has 1 saturated heterocycles. The largest absolute Gasteiger partial charge is 0.454 e. The first-order valence-electron chi connectivity index (χ1n) is 31.2. The van der Waals surface area contributed by atoms with Gasteiger partial charge in [0, 0.05) is 6.42 Å². The molecule has 1 aliphatic heterocycles. The van der Waals surface area contributed by atoms with Gasteiger partial charge in [0.05, 0.1) is 25.4 Å². The molecule has 11 nitrogen and oxygen atoms in total. The Hall–Kier alpha value is -2.90. The molecule has 0 saturated carbocycles. The monoisotopic (exact) mass is 1070 g/mol. The van der Waals surface area contributed by atoms with Gasteiger partial charge in [-0.2, -0.15) is 0 Å². The molecule has 8 atom stereocenters. The lowest BCUT2D eigenvalue weighted by molar-refractivity contribution is -0.305. The zero-order chi connectivity index (χ0) is 55.4. The van der Waals surface area contributed by atoms with E-state index in [1.165, 1.54) is 116 Å². The van der Waals surface area contributed by atoms with Crippen molar-refractivity contribution in [2.24, 2.45) is 0 Å². The van der Waals surface area contributed by atoms with E-state index in [1.54, 1.807) is 6.08 Å². The van der Waals surface area contributed by atoms with E-state index in [1.807, 2.05) is 12.2 Å². The second-order valence-electron chi connectivity index (χ2n) is 21.5. The first-order chi connectivity index (χ1) is 37.2. The van der Waals surface area contributed by atoms with E-state index < -0.39 is 67.4 Å². The molecular formula is C65H115NO10. The van der Waals surface area contributed by atoms with Crippen molar-refractivity contribution in [1.82, 2.24) is 5.32 Å². The van der Waals surface area contributed by atoms with Crippen molar-refractivity contribution in [3.8, 4) is 0 Å². The fraction of sp³-hybridized carbons (Fsp3) is 0.785. The summed E-state index contributed by atoms with van der Waals surface area (Å²) in [4.78, 5) is 26.5. The zero-order valence-corrected chi connectivity index (χ0v) is 48.6. The fourth-order valence-electron chi connectivity index (χ4n) is 9.45. The minimum absolute atomic E-state index is 0.108. The Balaban J connectivity index is 2.67. The molecule has 0 radical (unpaired) electrons. The van der Waals surface area contributed by atoms with E-state index in [-0.39, 0.29) is 19.4 Å². The Labute approximate surface area is 464 Å². The zero-order valence-electron chi connectivity index (χ0n) is 48.6. The summed E-state index contributed by atoms with van der Waals surface area (Å²) in [7, 11) is 0. The van der Waals surface area contributed by atoms with Gasteiger partial charge in [-0.25, -0.2) is 0 Å². The molecule has 0 aliphatic carbocycles. The highest BCUT2D eigenvalue weighted by molar-refractivity contribution is 5.80. The number of unbranched alkanes of at least 4 members (excludes halogenated alkanes) is 30. The van der Waals surface area contributed by atoms with Gasteiger partial charge in [0.2, 0.25) is 5.91 Å². The van der Waals surface area contributed by atoms with Crippen LogP contribution in [0.4, 0.5) is 0 Å². The maximum absolute atomic E-state index is 13.4. The summed E-state index contributed by atoms with van der Waals surface area (Å²) in [6.07, 6.45) is 56.5. The summed E-state index contributed by atoms with van der Waals surface area (Å²) in [5.41, 5.74) is 0. The van der Waals surface area contributed by atoms with Crippen LogP contribution >= 0.6 is 0 Å². The van der Waals surface area contributed by atoms with Crippen LogP contribution in [0.25, 0.3) is 0 Å². The number of rotatable bonds is 52. The van der Waals surface area contributed by atoms with Crippen molar-refractivity contribution in [3.63, 3.8) is 0 Å². The average Bonchev–Trinajstić information content (AvgIpc) is 3.42. The van der Waals surface area contributed by atoms with Crippen molar-refractivity contribution in [1.29, 1.82) is 0 Å². The van der Waals surface area contributed by atoms with Crippen LogP contribution in [-0.2, 0) is 23.8 Å². The molecule has 0 spiro atoms. The molecule has 11 heteroatoms. The molecular weight excluding hydrogens is 955 g/mol. The van der Waals surface area contributed by atoms with Crippen molar-refractivity contribution in [2.75, 3.05) is 13.2 Å². The van der Waals surface area contributed by atoms with E-state index in [9.17, 15) is 35.1 Å². The summed E-state index contributed by atoms with van der Waals surface area (Å²) < 4.78 is 17.6. The smallest absolute Gasteiger partial charge is 0.306 e. The lowest BCUT2D eigenvalue weighted by Gasteiger charge is -2.41. The topological polar surface area (TPSA) is 175 Å². The Kier molecular flexibility index (Phi) is 49.4. The lowest BCUT2D eigenvalue weighted by atomic mass is 9.99. The molecule has 1 fully saturated rings. The second kappa shape index (κ2) is 52.8. The van der Waals surface area contributed by atoms with Crippen LogP contribution in [0.15, 0.2) is 72.9 Å². The number of ether oxygens (including phenoxy) is 3. The molecule has 76 heavy (non-hydrogen) atoms. The average molecular weight is 1070 g/mol. The molecule has 0 aromatic carbocycles. The van der Waals surface area contributed by atoms with E-state index in [4.69, 9.17) is 14.2 Å². The van der Waals surface area contributed by atoms with Crippen molar-refractivity contribution in [3.05, 3.63) is 72.9 Å². The number of aliphatic hydroxyl groups excluding tert-OH is 5. The first-order valence-corrected chi connectivity index (χ1v) is 31.2. The number of carbonyl (C=O) groups is 2. The van der Waals surface area contributed by atoms with Gasteiger partial charge in [0.25, 0.3) is 0 Å². The number of hydrogen-bond acceptors (Lipinski definition) is 10. The van der Waals surface area contributed by atoms with Gasteiger partial charge in [-0.05, 0) is 77.0 Å². The maximum Gasteiger partial charge on any atom is 0.306 e. The molecule has 1 rings (SSSR count). The van der Waals surface area contributed by atoms with Crippen molar-refractivity contribution < 1.29 is 49.3 Å². The number of aliphatic hydroxyl groups is 5. The first kappa shape index (κ1) is 71.1. The number of amides is 1. The predicted octanol–water partition coefficient (Wildman–Crippen LogP) is 14.8. The molecule has 0 aromatic rings. The molecule has 440 valence electrons. The molecule has 1 amide bonds. The predicted molar refractivity (Wildman–Crippen MR) is 315 cm³/mol. The Morgan fingerprint density at radius 2 is 1.00 bits per heavy atom. The fourth-order valence-corrected chi connectivity index (χ4v) is 9.45. The summed E-state index contributed by atoms with van der Waals surface area (Å²) in [6.45, 7) is 5.63. The van der Waals surface area contributed by atoms with Crippen molar-refractivity contribution >= 4 is 11.9 Å². The summed E-state index contributed by atoms with van der Waals surface area (Å²) >= 11 is 0. The van der Waals surface area contributed by atoms with Crippen LogP contribution in [0.5, 0.6) is 0 Å². The minimum atomic E-state index is -1.62. The number of allylic oxidation sites excluding steroid dienone is 11. The van der Waals surface area contributed by atoms with Gasteiger partial charge in [0.1, 0.15) is 24.4 Å². The molecule has 8 unspecified atom stereocenters. The van der Waals surface area contributed by atoms with Gasteiger partial charge in [-0.3, -0.25) is 9.59 Å². The third kappa shape index (κ3) is 40.3. The second-order valence-corrected chi connectivity index (χ2v) is 21.5. The van der Waals surface area contributed by atoms with Crippen LogP contribution in [0, 0.1) is 0 Å². The van der Waals surface area contributed by atoms with E-state index in [0.717, 1.165) is 103 Å². The van der Waals surface area contributed by atoms with Gasteiger partial charge in [0.15, 0.2) is 12.4 Å². The summed E-state index contributed by atoms with van der Waals surface area (Å²) in [6, 6.07) is -1.03. The number of nitrogens with one attached hydrogen (secondary N) is 1. The number of hydrogen-bond donors (Lipinski definition) is 6. The molecule has 0 aromatic heterocycles. The van der Waals surface area contributed by atoms with Crippen LogP contribution in [-0.4, -0.2) is 99.6 Å². The van der Waals surface area contributed by atoms with Gasteiger partial charge in [-0.1, -0.05) is 254 Å². The SMILES string of the molecule is CC/C=C/C=C/C=C/CCCCCCCCCC(=O)OC1C(OCC(NC(=O)C(O)CCCCCCCCCCCC/C=C\C/C=C\CCCCC)C(O)/C=C/CCCCCCCCCCCC)OC(CO)C(O)C1O. The van der Waals surface area contributed by atoms with E-state index >= 15 is 0 Å².